The number of aliphatic hydroxyl groups excluding tert-OH is 1. The summed E-state index contributed by atoms with van der Waals surface area (Å²) in [6.45, 7) is 4.97. The average molecular weight is 236 g/mol. The lowest BCUT2D eigenvalue weighted by molar-refractivity contribution is 0.102. The molecule has 1 aromatic carbocycles. The van der Waals surface area contributed by atoms with E-state index < -0.39 is 0 Å². The first-order valence-electron chi connectivity index (χ1n) is 6.43. The minimum absolute atomic E-state index is 0.379. The quantitative estimate of drug-likeness (QED) is 0.786. The van der Waals surface area contributed by atoms with Gasteiger partial charge in [0, 0.05) is 13.7 Å². The number of aryl methyl sites for hydroxylation is 1. The minimum atomic E-state index is -0.379. The van der Waals surface area contributed by atoms with Gasteiger partial charge in [0.05, 0.1) is 6.10 Å². The topological polar surface area (TPSA) is 29.5 Å². The lowest BCUT2D eigenvalue weighted by Gasteiger charge is -2.16. The lowest BCUT2D eigenvalue weighted by atomic mass is 9.97. The van der Waals surface area contributed by atoms with Crippen molar-refractivity contribution in [2.45, 2.75) is 39.2 Å². The zero-order chi connectivity index (χ0) is 12.7. The molecule has 17 heavy (non-hydrogen) atoms. The molecule has 1 rings (SSSR count). The van der Waals surface area contributed by atoms with Crippen LogP contribution < -0.4 is 0 Å². The molecule has 0 aliphatic heterocycles. The number of hydrogen-bond donors (Lipinski definition) is 1. The van der Waals surface area contributed by atoms with Crippen LogP contribution in [0.4, 0.5) is 0 Å². The van der Waals surface area contributed by atoms with Crippen LogP contribution in [0.2, 0.25) is 0 Å². The van der Waals surface area contributed by atoms with E-state index in [2.05, 4.69) is 26.0 Å². The van der Waals surface area contributed by atoms with Crippen molar-refractivity contribution >= 4 is 0 Å². The van der Waals surface area contributed by atoms with Gasteiger partial charge in [0.15, 0.2) is 0 Å². The summed E-state index contributed by atoms with van der Waals surface area (Å²) in [5, 5.41) is 10.1. The zero-order valence-electron chi connectivity index (χ0n) is 11.1. The molecular formula is C15H24O2. The maximum Gasteiger partial charge on any atom is 0.0793 e. The van der Waals surface area contributed by atoms with Crippen molar-refractivity contribution in [1.82, 2.24) is 0 Å². The molecule has 0 heterocycles. The number of hydrogen-bond acceptors (Lipinski definition) is 2. The fourth-order valence-electron chi connectivity index (χ4n) is 2.06. The van der Waals surface area contributed by atoms with Crippen LogP contribution in [0.3, 0.4) is 0 Å². The van der Waals surface area contributed by atoms with E-state index in [1.807, 2.05) is 12.1 Å². The molecule has 0 amide bonds. The number of methoxy groups -OCH3 is 1. The van der Waals surface area contributed by atoms with Gasteiger partial charge in [-0.25, -0.2) is 0 Å². The Morgan fingerprint density at radius 1 is 1.24 bits per heavy atom. The van der Waals surface area contributed by atoms with Crippen LogP contribution in [0.25, 0.3) is 0 Å². The van der Waals surface area contributed by atoms with Gasteiger partial charge in [-0.3, -0.25) is 0 Å². The first-order valence-corrected chi connectivity index (χ1v) is 6.43. The summed E-state index contributed by atoms with van der Waals surface area (Å²) in [7, 11) is 1.70. The molecule has 0 saturated heterocycles. The molecule has 0 aromatic heterocycles. The van der Waals surface area contributed by atoms with E-state index in [0.29, 0.717) is 12.5 Å². The third kappa shape index (κ3) is 4.88. The van der Waals surface area contributed by atoms with Crippen molar-refractivity contribution in [3.05, 3.63) is 35.4 Å². The van der Waals surface area contributed by atoms with Crippen LogP contribution in [0.5, 0.6) is 0 Å². The smallest absolute Gasteiger partial charge is 0.0793 e. The van der Waals surface area contributed by atoms with Gasteiger partial charge in [0.25, 0.3) is 0 Å². The monoisotopic (exact) mass is 236 g/mol. The van der Waals surface area contributed by atoms with E-state index in [1.165, 1.54) is 5.56 Å². The Bertz CT molecular complexity index is 305. The van der Waals surface area contributed by atoms with Crippen LogP contribution >= 0.6 is 0 Å². The fraction of sp³-hybridized carbons (Fsp3) is 0.600. The van der Waals surface area contributed by atoms with Crippen molar-refractivity contribution in [2.24, 2.45) is 5.92 Å². The molecule has 0 saturated carbocycles. The number of ether oxygens (including phenoxy) is 1. The highest BCUT2D eigenvalue weighted by molar-refractivity contribution is 5.24. The van der Waals surface area contributed by atoms with E-state index in [4.69, 9.17) is 4.74 Å². The Hall–Kier alpha value is -0.860. The predicted octanol–water partition coefficient (Wildman–Crippen LogP) is 3.35. The number of rotatable bonds is 7. The van der Waals surface area contributed by atoms with E-state index in [9.17, 15) is 5.11 Å². The second-order valence-electron chi connectivity index (χ2n) is 4.80. The van der Waals surface area contributed by atoms with E-state index in [0.717, 1.165) is 24.8 Å². The molecule has 2 nitrogen and oxygen atoms in total. The van der Waals surface area contributed by atoms with E-state index >= 15 is 0 Å². The summed E-state index contributed by atoms with van der Waals surface area (Å²) in [5.41, 5.74) is 2.35. The van der Waals surface area contributed by atoms with E-state index in [-0.39, 0.29) is 6.10 Å². The molecule has 0 aliphatic carbocycles. The third-order valence-electron chi connectivity index (χ3n) is 2.98. The average Bonchev–Trinajstić information content (AvgIpc) is 2.30. The molecule has 2 unspecified atom stereocenters. The Kier molecular flexibility index (Phi) is 6.23. The molecule has 0 spiro atoms. The molecule has 0 radical (unpaired) electrons. The highest BCUT2D eigenvalue weighted by Crippen LogP contribution is 2.22. The van der Waals surface area contributed by atoms with Crippen molar-refractivity contribution < 1.29 is 9.84 Å². The largest absolute Gasteiger partial charge is 0.388 e. The highest BCUT2D eigenvalue weighted by Gasteiger charge is 2.12. The van der Waals surface area contributed by atoms with Gasteiger partial charge in [-0.05, 0) is 29.9 Å². The van der Waals surface area contributed by atoms with Gasteiger partial charge in [0.1, 0.15) is 0 Å². The summed E-state index contributed by atoms with van der Waals surface area (Å²) in [6.07, 6.45) is 2.64. The van der Waals surface area contributed by atoms with Crippen LogP contribution in [0.1, 0.15) is 43.9 Å². The fourth-order valence-corrected chi connectivity index (χ4v) is 2.06. The van der Waals surface area contributed by atoms with Crippen LogP contribution in [0.15, 0.2) is 24.3 Å². The Morgan fingerprint density at radius 3 is 2.41 bits per heavy atom. The maximum absolute atomic E-state index is 10.1. The van der Waals surface area contributed by atoms with Crippen LogP contribution in [-0.4, -0.2) is 18.8 Å². The third-order valence-corrected chi connectivity index (χ3v) is 2.98. The predicted molar refractivity (Wildman–Crippen MR) is 71.1 cm³/mol. The number of benzene rings is 1. The summed E-state index contributed by atoms with van der Waals surface area (Å²) in [5.74, 6) is 0.380. The Morgan fingerprint density at radius 2 is 1.88 bits per heavy atom. The van der Waals surface area contributed by atoms with Gasteiger partial charge in [-0.1, -0.05) is 44.5 Å². The van der Waals surface area contributed by atoms with Gasteiger partial charge >= 0.3 is 0 Å². The molecule has 2 heteroatoms. The maximum atomic E-state index is 10.1. The van der Waals surface area contributed by atoms with Gasteiger partial charge in [-0.15, -0.1) is 0 Å². The molecule has 96 valence electrons. The molecule has 2 atom stereocenters. The lowest BCUT2D eigenvalue weighted by Crippen LogP contribution is -2.09. The molecule has 0 aliphatic rings. The summed E-state index contributed by atoms with van der Waals surface area (Å²) in [4.78, 5) is 0. The van der Waals surface area contributed by atoms with Crippen molar-refractivity contribution in [2.75, 3.05) is 13.7 Å². The molecule has 0 bridgehead atoms. The first kappa shape index (κ1) is 14.2. The first-order chi connectivity index (χ1) is 8.17. The molecule has 1 aromatic rings. The van der Waals surface area contributed by atoms with Crippen LogP contribution in [-0.2, 0) is 11.2 Å². The molecule has 1 N–H and O–H groups in total. The number of aliphatic hydroxyl groups is 1. The van der Waals surface area contributed by atoms with Crippen molar-refractivity contribution in [3.8, 4) is 0 Å². The van der Waals surface area contributed by atoms with Crippen molar-refractivity contribution in [1.29, 1.82) is 0 Å². The zero-order valence-corrected chi connectivity index (χ0v) is 11.1. The second-order valence-corrected chi connectivity index (χ2v) is 4.80. The van der Waals surface area contributed by atoms with E-state index in [1.54, 1.807) is 7.11 Å². The Balaban J connectivity index is 2.53. The highest BCUT2D eigenvalue weighted by atomic mass is 16.5. The van der Waals surface area contributed by atoms with Gasteiger partial charge in [0.2, 0.25) is 0 Å². The normalized spacial score (nSPS) is 14.6. The van der Waals surface area contributed by atoms with Crippen LogP contribution in [0, 0.1) is 5.92 Å². The summed E-state index contributed by atoms with van der Waals surface area (Å²) in [6, 6.07) is 8.30. The molecular weight excluding hydrogens is 212 g/mol. The molecule has 0 fully saturated rings. The standard InChI is InChI=1S/C15H24O2/c1-4-5-13-6-8-14(9-7-13)15(16)10-12(2)11-17-3/h6-9,12,15-16H,4-5,10-11H2,1-3H3. The van der Waals surface area contributed by atoms with Gasteiger partial charge in [-0.2, -0.15) is 0 Å². The second kappa shape index (κ2) is 7.46. The minimum Gasteiger partial charge on any atom is -0.388 e. The van der Waals surface area contributed by atoms with Crippen molar-refractivity contribution in [3.63, 3.8) is 0 Å². The summed E-state index contributed by atoms with van der Waals surface area (Å²) < 4.78 is 5.08. The Labute approximate surface area is 105 Å². The van der Waals surface area contributed by atoms with Gasteiger partial charge < -0.3 is 9.84 Å². The SMILES string of the molecule is CCCc1ccc(C(O)CC(C)COC)cc1. The summed E-state index contributed by atoms with van der Waals surface area (Å²) >= 11 is 0.